The summed E-state index contributed by atoms with van der Waals surface area (Å²) in [5, 5.41) is 12.9. The lowest BCUT2D eigenvalue weighted by Crippen LogP contribution is -2.43. The van der Waals surface area contributed by atoms with Gasteiger partial charge in [-0.25, -0.2) is 4.79 Å². The fourth-order valence-corrected chi connectivity index (χ4v) is 3.61. The van der Waals surface area contributed by atoms with Gasteiger partial charge in [-0.05, 0) is 55.2 Å². The van der Waals surface area contributed by atoms with Crippen molar-refractivity contribution in [3.63, 3.8) is 0 Å². The molecule has 0 amide bonds. The topological polar surface area (TPSA) is 102 Å². The summed E-state index contributed by atoms with van der Waals surface area (Å²) >= 11 is 0. The molecular formula is C22H29NO6S. The van der Waals surface area contributed by atoms with E-state index in [0.717, 1.165) is 29.5 Å². The molecular weight excluding hydrogens is 406 g/mol. The number of benzene rings is 2. The zero-order valence-electron chi connectivity index (χ0n) is 17.6. The van der Waals surface area contributed by atoms with Crippen molar-refractivity contribution in [3.8, 4) is 5.75 Å². The highest BCUT2D eigenvalue weighted by atomic mass is 32.2. The van der Waals surface area contributed by atoms with E-state index in [1.54, 1.807) is 19.1 Å². The summed E-state index contributed by atoms with van der Waals surface area (Å²) in [5.74, 6) is -0.650. The van der Waals surface area contributed by atoms with E-state index < -0.39 is 21.7 Å². The van der Waals surface area contributed by atoms with Gasteiger partial charge >= 0.3 is 16.1 Å². The average molecular weight is 436 g/mol. The van der Waals surface area contributed by atoms with E-state index in [2.05, 4.69) is 5.32 Å². The van der Waals surface area contributed by atoms with Crippen LogP contribution in [0.2, 0.25) is 0 Å². The second kappa shape index (κ2) is 10.4. The van der Waals surface area contributed by atoms with Crippen LogP contribution in [-0.4, -0.2) is 44.5 Å². The standard InChI is InChI=1S/C22H29NO6S/c1-4-22(21(24)25,28-5-2)16-18-6-10-19(11-7-18)23-15-14-17-8-12-20(13-9-17)29-30(3,26)27/h6-13,23H,4-5,14-16H2,1-3H3,(H,24,25)/t22-/m0/s1. The van der Waals surface area contributed by atoms with Crippen LogP contribution < -0.4 is 9.50 Å². The third kappa shape index (κ3) is 7.03. The first-order valence-electron chi connectivity index (χ1n) is 9.86. The number of hydrogen-bond acceptors (Lipinski definition) is 6. The number of rotatable bonds is 12. The average Bonchev–Trinajstić information content (AvgIpc) is 2.69. The maximum absolute atomic E-state index is 11.7. The highest BCUT2D eigenvalue weighted by Gasteiger charge is 2.37. The van der Waals surface area contributed by atoms with Gasteiger partial charge in [-0.2, -0.15) is 8.42 Å². The van der Waals surface area contributed by atoms with Crippen LogP contribution in [0.5, 0.6) is 5.75 Å². The summed E-state index contributed by atoms with van der Waals surface area (Å²) in [6.07, 6.45) is 2.47. The molecule has 0 radical (unpaired) electrons. The maximum Gasteiger partial charge on any atom is 0.336 e. The Morgan fingerprint density at radius 3 is 2.13 bits per heavy atom. The van der Waals surface area contributed by atoms with Crippen LogP contribution in [-0.2, 0) is 32.5 Å². The molecule has 2 rings (SSSR count). The number of ether oxygens (including phenoxy) is 1. The zero-order chi connectivity index (χ0) is 22.2. The summed E-state index contributed by atoms with van der Waals surface area (Å²) in [4.78, 5) is 11.7. The summed E-state index contributed by atoms with van der Waals surface area (Å²) < 4.78 is 32.7. The summed E-state index contributed by atoms with van der Waals surface area (Å²) in [7, 11) is -3.52. The van der Waals surface area contributed by atoms with Gasteiger partial charge in [0.25, 0.3) is 0 Å². The van der Waals surface area contributed by atoms with Crippen LogP contribution in [0.3, 0.4) is 0 Å². The largest absolute Gasteiger partial charge is 0.479 e. The molecule has 2 N–H and O–H groups in total. The second-order valence-electron chi connectivity index (χ2n) is 7.07. The molecule has 0 aliphatic carbocycles. The van der Waals surface area contributed by atoms with Crippen molar-refractivity contribution in [1.82, 2.24) is 0 Å². The fourth-order valence-electron chi connectivity index (χ4n) is 3.15. The first-order valence-corrected chi connectivity index (χ1v) is 11.7. The number of carboxylic acids is 1. The number of hydrogen-bond donors (Lipinski definition) is 2. The van der Waals surface area contributed by atoms with Crippen LogP contribution in [0.25, 0.3) is 0 Å². The molecule has 1 atom stereocenters. The molecule has 164 valence electrons. The van der Waals surface area contributed by atoms with Gasteiger partial charge in [0.05, 0.1) is 6.26 Å². The third-order valence-electron chi connectivity index (χ3n) is 4.74. The lowest BCUT2D eigenvalue weighted by atomic mass is 9.91. The van der Waals surface area contributed by atoms with Crippen LogP contribution in [0, 0.1) is 0 Å². The third-order valence-corrected chi connectivity index (χ3v) is 5.23. The van der Waals surface area contributed by atoms with Gasteiger partial charge in [0.15, 0.2) is 5.60 Å². The minimum atomic E-state index is -3.52. The molecule has 0 saturated carbocycles. The van der Waals surface area contributed by atoms with Crippen molar-refractivity contribution in [2.45, 2.75) is 38.7 Å². The van der Waals surface area contributed by atoms with Gasteiger partial charge < -0.3 is 19.3 Å². The van der Waals surface area contributed by atoms with E-state index in [9.17, 15) is 18.3 Å². The van der Waals surface area contributed by atoms with Crippen molar-refractivity contribution < 1.29 is 27.2 Å². The molecule has 0 aromatic heterocycles. The minimum Gasteiger partial charge on any atom is -0.479 e. The lowest BCUT2D eigenvalue weighted by Gasteiger charge is -2.28. The van der Waals surface area contributed by atoms with E-state index in [4.69, 9.17) is 8.92 Å². The lowest BCUT2D eigenvalue weighted by molar-refractivity contribution is -0.166. The van der Waals surface area contributed by atoms with Crippen molar-refractivity contribution >= 4 is 21.8 Å². The first-order chi connectivity index (χ1) is 14.2. The van der Waals surface area contributed by atoms with Crippen LogP contribution in [0.4, 0.5) is 5.69 Å². The van der Waals surface area contributed by atoms with Gasteiger partial charge in [0.1, 0.15) is 5.75 Å². The van der Waals surface area contributed by atoms with E-state index in [1.165, 1.54) is 0 Å². The number of carboxylic acid groups (broad SMARTS) is 1. The molecule has 8 heteroatoms. The Hall–Kier alpha value is -2.58. The van der Waals surface area contributed by atoms with Crippen molar-refractivity contribution in [3.05, 3.63) is 59.7 Å². The summed E-state index contributed by atoms with van der Waals surface area (Å²) in [6.45, 7) is 4.66. The summed E-state index contributed by atoms with van der Waals surface area (Å²) in [5.41, 5.74) is 1.69. The Labute approximate surface area is 178 Å². The molecule has 0 unspecified atom stereocenters. The van der Waals surface area contributed by atoms with Gasteiger partial charge in [-0.3, -0.25) is 0 Å². The normalized spacial score (nSPS) is 13.4. The number of nitrogens with one attached hydrogen (secondary N) is 1. The molecule has 0 aliphatic heterocycles. The van der Waals surface area contributed by atoms with Crippen LogP contribution in [0.15, 0.2) is 48.5 Å². The van der Waals surface area contributed by atoms with Crippen LogP contribution in [0.1, 0.15) is 31.4 Å². The number of anilines is 1. The molecule has 2 aromatic rings. The Bertz CT molecular complexity index is 925. The molecule has 0 fully saturated rings. The highest BCUT2D eigenvalue weighted by Crippen LogP contribution is 2.24. The molecule has 7 nitrogen and oxygen atoms in total. The SMILES string of the molecule is CCO[C@@](CC)(Cc1ccc(NCCc2ccc(OS(C)(=O)=O)cc2)cc1)C(=O)O. The molecule has 0 bridgehead atoms. The van der Waals surface area contributed by atoms with Gasteiger partial charge in [-0.15, -0.1) is 0 Å². The minimum absolute atomic E-state index is 0.293. The van der Waals surface area contributed by atoms with Crippen LogP contribution >= 0.6 is 0 Å². The number of carbonyl (C=O) groups is 1. The zero-order valence-corrected chi connectivity index (χ0v) is 18.4. The smallest absolute Gasteiger partial charge is 0.336 e. The van der Waals surface area contributed by atoms with E-state index >= 15 is 0 Å². The maximum atomic E-state index is 11.7. The Morgan fingerprint density at radius 1 is 1.03 bits per heavy atom. The van der Waals surface area contributed by atoms with Gasteiger partial charge in [-0.1, -0.05) is 31.2 Å². The summed E-state index contributed by atoms with van der Waals surface area (Å²) in [6, 6.07) is 14.6. The molecule has 2 aromatic carbocycles. The van der Waals surface area contributed by atoms with Crippen molar-refractivity contribution in [2.24, 2.45) is 0 Å². The first kappa shape index (κ1) is 23.7. The molecule has 0 heterocycles. The fraction of sp³-hybridized carbons (Fsp3) is 0.409. The van der Waals surface area contributed by atoms with Crippen molar-refractivity contribution in [2.75, 3.05) is 24.7 Å². The van der Waals surface area contributed by atoms with Gasteiger partial charge in [0, 0.05) is 25.3 Å². The Morgan fingerprint density at radius 2 is 1.63 bits per heavy atom. The molecule has 0 spiro atoms. The molecule has 0 aliphatic rings. The van der Waals surface area contributed by atoms with E-state index in [-0.39, 0.29) is 0 Å². The highest BCUT2D eigenvalue weighted by molar-refractivity contribution is 7.86. The molecule has 0 saturated heterocycles. The predicted octanol–water partition coefficient (Wildman–Crippen LogP) is 3.49. The van der Waals surface area contributed by atoms with E-state index in [1.807, 2.05) is 43.3 Å². The second-order valence-corrected chi connectivity index (χ2v) is 8.64. The Balaban J connectivity index is 1.89. The predicted molar refractivity (Wildman–Crippen MR) is 117 cm³/mol. The van der Waals surface area contributed by atoms with E-state index in [0.29, 0.717) is 31.7 Å². The molecule has 30 heavy (non-hydrogen) atoms. The Kier molecular flexibility index (Phi) is 8.25. The monoisotopic (exact) mass is 435 g/mol. The van der Waals surface area contributed by atoms with Gasteiger partial charge in [0.2, 0.25) is 0 Å². The quantitative estimate of drug-likeness (QED) is 0.492. The van der Waals surface area contributed by atoms with Crippen molar-refractivity contribution in [1.29, 1.82) is 0 Å². The number of aliphatic carboxylic acids is 1.